The highest BCUT2D eigenvalue weighted by molar-refractivity contribution is 7.13. The molecule has 112 valence electrons. The number of benzene rings is 1. The molecule has 0 saturated heterocycles. The van der Waals surface area contributed by atoms with Crippen molar-refractivity contribution >= 4 is 17.2 Å². The van der Waals surface area contributed by atoms with E-state index in [9.17, 15) is 4.79 Å². The molecule has 0 fully saturated rings. The lowest BCUT2D eigenvalue weighted by Crippen LogP contribution is -2.31. The fourth-order valence-corrected chi connectivity index (χ4v) is 2.62. The second kappa shape index (κ2) is 7.31. The van der Waals surface area contributed by atoms with Crippen LogP contribution in [0, 0.1) is 0 Å². The van der Waals surface area contributed by atoms with Gasteiger partial charge in [0.15, 0.2) is 0 Å². The van der Waals surface area contributed by atoms with E-state index in [1.54, 1.807) is 6.92 Å². The second-order valence-corrected chi connectivity index (χ2v) is 5.73. The molecular formula is C15H19N3O2S. The van der Waals surface area contributed by atoms with E-state index >= 15 is 0 Å². The number of carbonyl (C=O) groups excluding carboxylic acids is 1. The summed E-state index contributed by atoms with van der Waals surface area (Å²) in [5.41, 5.74) is 8.41. The molecule has 0 bridgehead atoms. The summed E-state index contributed by atoms with van der Waals surface area (Å²) in [4.78, 5) is 16.1. The van der Waals surface area contributed by atoms with E-state index in [2.05, 4.69) is 10.3 Å². The topological polar surface area (TPSA) is 88.2 Å². The first kappa shape index (κ1) is 15.6. The highest BCUT2D eigenvalue weighted by Gasteiger charge is 2.09. The van der Waals surface area contributed by atoms with Crippen molar-refractivity contribution in [1.29, 1.82) is 0 Å². The van der Waals surface area contributed by atoms with E-state index in [1.165, 1.54) is 11.3 Å². The number of thiazole rings is 1. The molecule has 0 saturated carbocycles. The van der Waals surface area contributed by atoms with Crippen LogP contribution in [0.15, 0.2) is 29.6 Å². The van der Waals surface area contributed by atoms with Crippen LogP contribution in [0.4, 0.5) is 0 Å². The zero-order valence-electron chi connectivity index (χ0n) is 11.9. The number of hydrogen-bond donors (Lipinski definition) is 3. The Bertz CT molecular complexity index is 593. The van der Waals surface area contributed by atoms with Crippen LogP contribution in [0.3, 0.4) is 0 Å². The lowest BCUT2D eigenvalue weighted by molar-refractivity contribution is -0.120. The van der Waals surface area contributed by atoms with E-state index in [-0.39, 0.29) is 18.9 Å². The van der Waals surface area contributed by atoms with Gasteiger partial charge in [0.05, 0.1) is 18.2 Å². The molecule has 0 spiro atoms. The Kier molecular flexibility index (Phi) is 5.44. The van der Waals surface area contributed by atoms with E-state index in [0.29, 0.717) is 6.54 Å². The summed E-state index contributed by atoms with van der Waals surface area (Å²) in [5.74, 6) is -0.133. The molecule has 6 heteroatoms. The summed E-state index contributed by atoms with van der Waals surface area (Å²) in [6.45, 7) is 2.41. The highest BCUT2D eigenvalue weighted by Crippen LogP contribution is 2.24. The lowest BCUT2D eigenvalue weighted by Gasteiger charge is -2.05. The second-order valence-electron chi connectivity index (χ2n) is 4.87. The first-order valence-electron chi connectivity index (χ1n) is 6.77. The Morgan fingerprint density at radius 3 is 2.76 bits per heavy atom. The number of nitrogens with zero attached hydrogens (tertiary/aromatic N) is 1. The van der Waals surface area contributed by atoms with Crippen LogP contribution in [0.25, 0.3) is 10.6 Å². The predicted molar refractivity (Wildman–Crippen MR) is 83.8 cm³/mol. The molecule has 21 heavy (non-hydrogen) atoms. The summed E-state index contributed by atoms with van der Waals surface area (Å²) < 4.78 is 0. The zero-order chi connectivity index (χ0) is 15.2. The summed E-state index contributed by atoms with van der Waals surface area (Å²) >= 11 is 1.51. The van der Waals surface area contributed by atoms with Crippen LogP contribution < -0.4 is 11.1 Å². The summed E-state index contributed by atoms with van der Waals surface area (Å²) in [7, 11) is 0. The number of nitrogens with one attached hydrogen (secondary N) is 1. The molecule has 1 atom stereocenters. The number of rotatable bonds is 6. The van der Waals surface area contributed by atoms with Gasteiger partial charge in [-0.3, -0.25) is 4.79 Å². The van der Waals surface area contributed by atoms with Crippen LogP contribution in [0.2, 0.25) is 0 Å². The third-order valence-corrected chi connectivity index (χ3v) is 3.86. The monoisotopic (exact) mass is 305 g/mol. The maximum absolute atomic E-state index is 11.7. The average Bonchev–Trinajstić information content (AvgIpc) is 2.93. The molecule has 5 nitrogen and oxygen atoms in total. The predicted octanol–water partition coefficient (Wildman–Crippen LogP) is 1.31. The Morgan fingerprint density at radius 2 is 2.14 bits per heavy atom. The largest absolute Gasteiger partial charge is 0.392 e. The molecule has 0 radical (unpaired) electrons. The fraction of sp³-hybridized carbons (Fsp3) is 0.333. The molecule has 2 rings (SSSR count). The van der Waals surface area contributed by atoms with E-state index in [0.717, 1.165) is 21.8 Å². The molecule has 4 N–H and O–H groups in total. The third kappa shape index (κ3) is 4.63. The minimum atomic E-state index is -0.541. The minimum Gasteiger partial charge on any atom is -0.392 e. The Hall–Kier alpha value is -1.76. The first-order valence-corrected chi connectivity index (χ1v) is 7.65. The van der Waals surface area contributed by atoms with Gasteiger partial charge >= 0.3 is 0 Å². The Labute approximate surface area is 127 Å². The number of hydrogen-bond acceptors (Lipinski definition) is 5. The molecule has 1 aromatic heterocycles. The van der Waals surface area contributed by atoms with Crippen molar-refractivity contribution in [3.63, 3.8) is 0 Å². The summed E-state index contributed by atoms with van der Waals surface area (Å²) in [6.07, 6.45) is -0.314. The normalized spacial score (nSPS) is 12.1. The molecule has 2 aromatic rings. The maximum atomic E-state index is 11.7. The van der Waals surface area contributed by atoms with Crippen molar-refractivity contribution in [3.05, 3.63) is 40.9 Å². The van der Waals surface area contributed by atoms with Crippen LogP contribution in [-0.2, 0) is 17.8 Å². The Morgan fingerprint density at radius 1 is 1.43 bits per heavy atom. The molecule has 0 aliphatic rings. The van der Waals surface area contributed by atoms with E-state index < -0.39 is 6.10 Å². The zero-order valence-corrected chi connectivity index (χ0v) is 12.7. The van der Waals surface area contributed by atoms with Gasteiger partial charge in [0, 0.05) is 24.0 Å². The van der Waals surface area contributed by atoms with Gasteiger partial charge in [0.1, 0.15) is 5.01 Å². The summed E-state index contributed by atoms with van der Waals surface area (Å²) in [5, 5.41) is 14.6. The third-order valence-electron chi connectivity index (χ3n) is 2.92. The number of aliphatic hydroxyl groups excluding tert-OH is 1. The molecule has 0 aliphatic heterocycles. The van der Waals surface area contributed by atoms with Gasteiger partial charge in [-0.15, -0.1) is 11.3 Å². The van der Waals surface area contributed by atoms with Gasteiger partial charge in [-0.2, -0.15) is 0 Å². The van der Waals surface area contributed by atoms with Crippen molar-refractivity contribution in [2.75, 3.05) is 6.54 Å². The molecule has 1 aromatic carbocycles. The van der Waals surface area contributed by atoms with Crippen LogP contribution in [0.1, 0.15) is 18.2 Å². The van der Waals surface area contributed by atoms with Crippen LogP contribution in [0.5, 0.6) is 0 Å². The van der Waals surface area contributed by atoms with Crippen molar-refractivity contribution in [2.24, 2.45) is 5.73 Å². The Balaban J connectivity index is 1.98. The van der Waals surface area contributed by atoms with E-state index in [4.69, 9.17) is 10.8 Å². The maximum Gasteiger partial charge on any atom is 0.226 e. The fourth-order valence-electron chi connectivity index (χ4n) is 1.79. The van der Waals surface area contributed by atoms with Crippen molar-refractivity contribution < 1.29 is 9.90 Å². The number of aromatic nitrogens is 1. The van der Waals surface area contributed by atoms with Crippen molar-refractivity contribution in [3.8, 4) is 10.6 Å². The summed E-state index contributed by atoms with van der Waals surface area (Å²) in [6, 6.07) is 7.92. The molecule has 1 unspecified atom stereocenters. The molecule has 0 aliphatic carbocycles. The average molecular weight is 305 g/mol. The van der Waals surface area contributed by atoms with Gasteiger partial charge in [-0.1, -0.05) is 24.3 Å². The SMILES string of the molecule is CC(O)CNC(=O)Cc1csc(-c2ccc(CN)cc2)n1. The lowest BCUT2D eigenvalue weighted by atomic mass is 10.1. The number of carbonyl (C=O) groups is 1. The molecular weight excluding hydrogens is 286 g/mol. The smallest absolute Gasteiger partial charge is 0.226 e. The highest BCUT2D eigenvalue weighted by atomic mass is 32.1. The first-order chi connectivity index (χ1) is 10.1. The number of aliphatic hydroxyl groups is 1. The standard InChI is InChI=1S/C15H19N3O2S/c1-10(19)8-17-14(20)6-13-9-21-15(18-13)12-4-2-11(7-16)3-5-12/h2-5,9-10,19H,6-8,16H2,1H3,(H,17,20). The molecule has 1 heterocycles. The minimum absolute atomic E-state index is 0.133. The van der Waals surface area contributed by atoms with Gasteiger partial charge < -0.3 is 16.2 Å². The number of nitrogens with two attached hydrogens (primary N) is 1. The van der Waals surface area contributed by atoms with Gasteiger partial charge in [-0.05, 0) is 12.5 Å². The van der Waals surface area contributed by atoms with Gasteiger partial charge in [0.25, 0.3) is 0 Å². The van der Waals surface area contributed by atoms with Crippen molar-refractivity contribution in [2.45, 2.75) is 26.0 Å². The quantitative estimate of drug-likeness (QED) is 0.751. The van der Waals surface area contributed by atoms with Gasteiger partial charge in [-0.25, -0.2) is 4.98 Å². The number of amides is 1. The van der Waals surface area contributed by atoms with Crippen molar-refractivity contribution in [1.82, 2.24) is 10.3 Å². The van der Waals surface area contributed by atoms with Gasteiger partial charge in [0.2, 0.25) is 5.91 Å². The van der Waals surface area contributed by atoms with E-state index in [1.807, 2.05) is 29.6 Å². The van der Waals surface area contributed by atoms with Crippen LogP contribution in [-0.4, -0.2) is 28.6 Å². The van der Waals surface area contributed by atoms with Crippen LogP contribution >= 0.6 is 11.3 Å². The molecule has 1 amide bonds.